The molecule has 4 rings (SSSR count). The number of fused-ring (bicyclic) bond motifs is 1. The lowest BCUT2D eigenvalue weighted by atomic mass is 10.1. The molecule has 1 fully saturated rings. The number of hydrazone groups is 1. The first-order chi connectivity index (χ1) is 13.6. The van der Waals surface area contributed by atoms with E-state index < -0.39 is 31.1 Å². The maximum absolute atomic E-state index is 10.2. The van der Waals surface area contributed by atoms with Gasteiger partial charge in [0.25, 0.3) is 0 Å². The average molecular weight is 385 g/mol. The number of hydrogen-bond acceptors (Lipinski definition) is 10. The van der Waals surface area contributed by atoms with Crippen LogP contribution in [-0.2, 0) is 4.74 Å². The highest BCUT2D eigenvalue weighted by Crippen LogP contribution is 2.32. The Hall–Kier alpha value is -3.12. The first-order valence-corrected chi connectivity index (χ1v) is 8.55. The van der Waals surface area contributed by atoms with Gasteiger partial charge < -0.3 is 25.8 Å². The molecule has 0 bridgehead atoms. The summed E-state index contributed by atoms with van der Waals surface area (Å²) in [4.78, 5) is 12.6. The second-order valence-corrected chi connectivity index (χ2v) is 6.27. The summed E-state index contributed by atoms with van der Waals surface area (Å²) in [5, 5.41) is 33.6. The van der Waals surface area contributed by atoms with Crippen molar-refractivity contribution < 1.29 is 20.1 Å². The Balaban J connectivity index is 1.63. The van der Waals surface area contributed by atoms with Gasteiger partial charge in [-0.25, -0.2) is 10.4 Å². The molecule has 0 aliphatic carbocycles. The van der Waals surface area contributed by atoms with Crippen LogP contribution in [0, 0.1) is 0 Å². The van der Waals surface area contributed by atoms with Crippen molar-refractivity contribution in [3.05, 3.63) is 42.2 Å². The lowest BCUT2D eigenvalue weighted by molar-refractivity contribution is -0.0511. The number of anilines is 2. The van der Waals surface area contributed by atoms with Crippen molar-refractivity contribution in [3.63, 3.8) is 0 Å². The zero-order chi connectivity index (χ0) is 19.7. The third-order valence-electron chi connectivity index (χ3n) is 4.42. The molecule has 1 saturated heterocycles. The van der Waals surface area contributed by atoms with Crippen LogP contribution in [0.1, 0.15) is 11.8 Å². The van der Waals surface area contributed by atoms with Gasteiger partial charge in [0.1, 0.15) is 23.8 Å². The maximum Gasteiger partial charge on any atom is 0.247 e. The van der Waals surface area contributed by atoms with E-state index in [-0.39, 0.29) is 11.8 Å². The van der Waals surface area contributed by atoms with Gasteiger partial charge in [0.15, 0.2) is 17.7 Å². The highest BCUT2D eigenvalue weighted by Gasteiger charge is 2.44. The number of aliphatic hydroxyl groups excluding tert-OH is 3. The summed E-state index contributed by atoms with van der Waals surface area (Å²) >= 11 is 0. The summed E-state index contributed by atoms with van der Waals surface area (Å²) in [5.74, 6) is 0.249. The third kappa shape index (κ3) is 3.27. The SMILES string of the molecule is Nc1nc(N/N=C/c2ccccc2)nc2c1ncn2C1O[C@H](CO)[C@@H](O)[C@H]1O. The van der Waals surface area contributed by atoms with Crippen LogP contribution in [0.4, 0.5) is 11.8 Å². The molecule has 11 nitrogen and oxygen atoms in total. The Morgan fingerprint density at radius 1 is 1.21 bits per heavy atom. The molecule has 11 heteroatoms. The van der Waals surface area contributed by atoms with Crippen LogP contribution in [0.2, 0.25) is 0 Å². The van der Waals surface area contributed by atoms with E-state index in [1.165, 1.54) is 10.9 Å². The molecule has 6 N–H and O–H groups in total. The van der Waals surface area contributed by atoms with Crippen LogP contribution < -0.4 is 11.2 Å². The highest BCUT2D eigenvalue weighted by molar-refractivity contribution is 5.83. The number of aromatic nitrogens is 4. The molecule has 0 radical (unpaired) electrons. The van der Waals surface area contributed by atoms with E-state index in [4.69, 9.17) is 10.5 Å². The number of imidazole rings is 1. The number of nitrogens with zero attached hydrogens (tertiary/aromatic N) is 5. The maximum atomic E-state index is 10.2. The Morgan fingerprint density at radius 3 is 2.71 bits per heavy atom. The molecule has 2 aromatic heterocycles. The van der Waals surface area contributed by atoms with E-state index in [1.807, 2.05) is 30.3 Å². The molecule has 1 aliphatic heterocycles. The topological polar surface area (TPSA) is 164 Å². The van der Waals surface area contributed by atoms with E-state index in [9.17, 15) is 15.3 Å². The molecule has 28 heavy (non-hydrogen) atoms. The number of benzene rings is 1. The van der Waals surface area contributed by atoms with Gasteiger partial charge in [-0.05, 0) is 5.56 Å². The van der Waals surface area contributed by atoms with E-state index >= 15 is 0 Å². The number of nitrogens with two attached hydrogens (primary N) is 1. The smallest absolute Gasteiger partial charge is 0.247 e. The van der Waals surface area contributed by atoms with E-state index in [1.54, 1.807) is 6.21 Å². The lowest BCUT2D eigenvalue weighted by Gasteiger charge is -2.16. The third-order valence-corrected chi connectivity index (χ3v) is 4.42. The minimum Gasteiger partial charge on any atom is -0.394 e. The molecule has 1 unspecified atom stereocenters. The van der Waals surface area contributed by atoms with E-state index in [0.717, 1.165) is 5.56 Å². The summed E-state index contributed by atoms with van der Waals surface area (Å²) in [6.45, 7) is -0.431. The Morgan fingerprint density at radius 2 is 2.00 bits per heavy atom. The number of hydrogen-bond donors (Lipinski definition) is 5. The zero-order valence-electron chi connectivity index (χ0n) is 14.6. The first-order valence-electron chi connectivity index (χ1n) is 8.55. The molecular formula is C17H19N7O4. The van der Waals surface area contributed by atoms with Crippen LogP contribution in [0.3, 0.4) is 0 Å². The predicted molar refractivity (Wildman–Crippen MR) is 100 cm³/mol. The van der Waals surface area contributed by atoms with Crippen molar-refractivity contribution in [1.82, 2.24) is 19.5 Å². The van der Waals surface area contributed by atoms with Gasteiger partial charge in [-0.1, -0.05) is 30.3 Å². The standard InChI is InChI=1S/C17H19N7O4/c18-14-11-15(22-17(21-14)23-20-6-9-4-2-1-3-5-9)24(8-19-11)16-13(27)12(26)10(7-25)28-16/h1-6,8,10,12-13,16,25-27H,7H2,(H3,18,21,22,23)/b20-6+/t10-,12-,13-,16?/m1/s1. The fourth-order valence-corrected chi connectivity index (χ4v) is 2.99. The summed E-state index contributed by atoms with van der Waals surface area (Å²) in [6, 6.07) is 9.46. The number of nitrogen functional groups attached to an aromatic ring is 1. The van der Waals surface area contributed by atoms with Gasteiger partial charge in [0.05, 0.1) is 19.1 Å². The van der Waals surface area contributed by atoms with Crippen molar-refractivity contribution in [2.75, 3.05) is 17.8 Å². The Bertz CT molecular complexity index is 994. The average Bonchev–Trinajstić information content (AvgIpc) is 3.24. The molecule has 0 saturated carbocycles. The van der Waals surface area contributed by atoms with Crippen molar-refractivity contribution in [2.24, 2.45) is 5.10 Å². The molecule has 0 spiro atoms. The summed E-state index contributed by atoms with van der Waals surface area (Å²) < 4.78 is 6.96. The van der Waals surface area contributed by atoms with E-state index in [2.05, 4.69) is 25.5 Å². The van der Waals surface area contributed by atoms with Gasteiger partial charge in [-0.15, -0.1) is 0 Å². The first kappa shape index (κ1) is 18.3. The second-order valence-electron chi connectivity index (χ2n) is 6.27. The minimum absolute atomic E-state index is 0.118. The van der Waals surface area contributed by atoms with Crippen molar-refractivity contribution >= 4 is 29.1 Å². The normalized spacial score (nSPS) is 25.0. The van der Waals surface area contributed by atoms with Gasteiger partial charge >= 0.3 is 0 Å². The lowest BCUT2D eigenvalue weighted by Crippen LogP contribution is -2.33. The zero-order valence-corrected chi connectivity index (χ0v) is 14.6. The molecule has 4 atom stereocenters. The van der Waals surface area contributed by atoms with Crippen LogP contribution in [-0.4, -0.2) is 66.0 Å². The van der Waals surface area contributed by atoms with Crippen molar-refractivity contribution in [1.29, 1.82) is 0 Å². The molecule has 0 amide bonds. The van der Waals surface area contributed by atoms with Crippen LogP contribution in [0.5, 0.6) is 0 Å². The van der Waals surface area contributed by atoms with Crippen LogP contribution in [0.25, 0.3) is 11.2 Å². The molecule has 1 aliphatic rings. The molecule has 146 valence electrons. The number of ether oxygens (including phenoxy) is 1. The fraction of sp³-hybridized carbons (Fsp3) is 0.294. The summed E-state index contributed by atoms with van der Waals surface area (Å²) in [7, 11) is 0. The van der Waals surface area contributed by atoms with Gasteiger partial charge in [0, 0.05) is 0 Å². The fourth-order valence-electron chi connectivity index (χ4n) is 2.99. The Labute approximate surface area is 159 Å². The quantitative estimate of drug-likeness (QED) is 0.287. The monoisotopic (exact) mass is 385 g/mol. The van der Waals surface area contributed by atoms with Gasteiger partial charge in [-0.2, -0.15) is 15.1 Å². The van der Waals surface area contributed by atoms with Gasteiger partial charge in [-0.3, -0.25) is 4.57 Å². The van der Waals surface area contributed by atoms with Crippen LogP contribution >= 0.6 is 0 Å². The number of rotatable bonds is 5. The molecule has 3 aromatic rings. The van der Waals surface area contributed by atoms with Crippen molar-refractivity contribution in [2.45, 2.75) is 24.5 Å². The molecule has 1 aromatic carbocycles. The number of aliphatic hydroxyl groups is 3. The van der Waals surface area contributed by atoms with Gasteiger partial charge in [0.2, 0.25) is 5.95 Å². The highest BCUT2D eigenvalue weighted by atomic mass is 16.6. The van der Waals surface area contributed by atoms with Crippen LogP contribution in [0.15, 0.2) is 41.8 Å². The molecular weight excluding hydrogens is 366 g/mol. The summed E-state index contributed by atoms with van der Waals surface area (Å²) in [5.41, 5.74) is 10.2. The minimum atomic E-state index is -1.27. The number of nitrogens with one attached hydrogen (secondary N) is 1. The Kier molecular flexibility index (Phi) is 4.88. The second kappa shape index (κ2) is 7.48. The van der Waals surface area contributed by atoms with Crippen molar-refractivity contribution in [3.8, 4) is 0 Å². The summed E-state index contributed by atoms with van der Waals surface area (Å²) in [6.07, 6.45) is -1.41. The molecule has 3 heterocycles. The largest absolute Gasteiger partial charge is 0.394 e. The van der Waals surface area contributed by atoms with E-state index in [0.29, 0.717) is 11.2 Å². The predicted octanol–water partition coefficient (Wildman–Crippen LogP) is -0.534.